The highest BCUT2D eigenvalue weighted by molar-refractivity contribution is 7.91. The highest BCUT2D eigenvalue weighted by Gasteiger charge is 2.37. The summed E-state index contributed by atoms with van der Waals surface area (Å²) < 4.78 is 30.2. The lowest BCUT2D eigenvalue weighted by Gasteiger charge is -2.31. The van der Waals surface area contributed by atoms with Crippen LogP contribution in [0.1, 0.15) is 16.8 Å². The van der Waals surface area contributed by atoms with Crippen molar-refractivity contribution in [2.45, 2.75) is 29.8 Å². The number of imidazole rings is 1. The summed E-state index contributed by atoms with van der Waals surface area (Å²) in [6.07, 6.45) is 7.65. The Balaban J connectivity index is 1.47. The van der Waals surface area contributed by atoms with Crippen molar-refractivity contribution in [2.24, 2.45) is 0 Å². The van der Waals surface area contributed by atoms with Crippen LogP contribution in [0.25, 0.3) is 11.1 Å². The fraction of sp³-hybridized carbons (Fsp3) is 0.172. The Bertz CT molecular complexity index is 1590. The molecule has 0 aliphatic carbocycles. The molecule has 2 aromatic carbocycles. The van der Waals surface area contributed by atoms with Crippen molar-refractivity contribution < 1.29 is 8.42 Å². The molecule has 1 aliphatic rings. The molecular weight excluding hydrogens is 514 g/mol. The Labute approximate surface area is 226 Å². The van der Waals surface area contributed by atoms with Gasteiger partial charge in [0.05, 0.1) is 18.6 Å². The van der Waals surface area contributed by atoms with Gasteiger partial charge in [0.15, 0.2) is 0 Å². The largest absolute Gasteiger partial charge is 0.364 e. The zero-order valence-electron chi connectivity index (χ0n) is 20.6. The maximum Gasteiger partial charge on any atom is 0.253 e. The zero-order chi connectivity index (χ0) is 26.0. The second kappa shape index (κ2) is 10.5. The molecule has 5 aromatic rings. The van der Waals surface area contributed by atoms with Gasteiger partial charge < -0.3 is 9.88 Å². The van der Waals surface area contributed by atoms with Gasteiger partial charge in [-0.3, -0.25) is 4.98 Å². The van der Waals surface area contributed by atoms with Gasteiger partial charge >= 0.3 is 0 Å². The number of rotatable bonds is 7. The Morgan fingerprint density at radius 3 is 2.53 bits per heavy atom. The summed E-state index contributed by atoms with van der Waals surface area (Å²) in [5.41, 5.74) is 6.15. The fourth-order valence-corrected chi connectivity index (χ4v) is 7.78. The number of nitrogens with one attached hydrogen (secondary N) is 1. The third-order valence-electron chi connectivity index (χ3n) is 6.89. The molecule has 4 heterocycles. The van der Waals surface area contributed by atoms with Crippen LogP contribution in [0.2, 0.25) is 0 Å². The molecule has 0 fully saturated rings. The molecule has 0 bridgehead atoms. The average Bonchev–Trinajstić information content (AvgIpc) is 3.65. The molecule has 192 valence electrons. The number of hydrogen-bond acceptors (Lipinski definition) is 6. The quantitative estimate of drug-likeness (QED) is 0.300. The fourth-order valence-electron chi connectivity index (χ4n) is 5.07. The van der Waals surface area contributed by atoms with Crippen LogP contribution in [0, 0.1) is 0 Å². The van der Waals surface area contributed by atoms with Gasteiger partial charge in [-0.05, 0) is 64.4 Å². The smallest absolute Gasteiger partial charge is 0.253 e. The summed E-state index contributed by atoms with van der Waals surface area (Å²) in [5, 5.41) is 1.82. The normalized spacial score (nSPS) is 16.2. The summed E-state index contributed by atoms with van der Waals surface area (Å²) in [4.78, 5) is 13.8. The van der Waals surface area contributed by atoms with E-state index in [4.69, 9.17) is 0 Å². The van der Waals surface area contributed by atoms with Gasteiger partial charge in [0.1, 0.15) is 4.21 Å². The van der Waals surface area contributed by atoms with Gasteiger partial charge in [0.25, 0.3) is 10.0 Å². The molecule has 0 unspecified atom stereocenters. The number of aromatic nitrogens is 3. The number of thiophene rings is 1. The lowest BCUT2D eigenvalue weighted by Crippen LogP contribution is -2.45. The molecule has 6 rings (SSSR count). The number of aromatic amines is 1. The minimum Gasteiger partial charge on any atom is -0.364 e. The molecule has 0 amide bonds. The number of fused-ring (bicyclic) bond motifs is 1. The first-order valence-corrected chi connectivity index (χ1v) is 14.7. The van der Waals surface area contributed by atoms with E-state index < -0.39 is 10.0 Å². The topological polar surface area (TPSA) is 82.2 Å². The summed E-state index contributed by atoms with van der Waals surface area (Å²) in [6.45, 7) is 1.42. The summed E-state index contributed by atoms with van der Waals surface area (Å²) in [6, 6.07) is 23.6. The van der Waals surface area contributed by atoms with Gasteiger partial charge in [0, 0.05) is 43.4 Å². The minimum atomic E-state index is -3.72. The predicted octanol–water partition coefficient (Wildman–Crippen LogP) is 5.36. The van der Waals surface area contributed by atoms with E-state index in [0.717, 1.165) is 33.6 Å². The summed E-state index contributed by atoms with van der Waals surface area (Å²) in [5.74, 6) is 0. The SMILES string of the molecule is O=S(=O)(c1cccs1)N1Cc2cc(-c3ccncc3)ccc2N(Cc2cnc[nH]2)C[C@H]1Cc1ccccc1. The van der Waals surface area contributed by atoms with Crippen molar-refractivity contribution >= 4 is 27.0 Å². The van der Waals surface area contributed by atoms with Crippen molar-refractivity contribution in [2.75, 3.05) is 11.4 Å². The van der Waals surface area contributed by atoms with E-state index in [1.807, 2.05) is 41.9 Å². The lowest BCUT2D eigenvalue weighted by molar-refractivity contribution is 0.318. The van der Waals surface area contributed by atoms with Gasteiger partial charge in [0.2, 0.25) is 0 Å². The highest BCUT2D eigenvalue weighted by atomic mass is 32.2. The summed E-state index contributed by atoms with van der Waals surface area (Å²) in [7, 11) is -3.72. The van der Waals surface area contributed by atoms with Crippen molar-refractivity contribution in [3.8, 4) is 11.1 Å². The predicted molar refractivity (Wildman–Crippen MR) is 150 cm³/mol. The molecule has 1 atom stereocenters. The van der Waals surface area contributed by atoms with Crippen LogP contribution in [0.3, 0.4) is 0 Å². The first-order chi connectivity index (χ1) is 18.6. The van der Waals surface area contributed by atoms with E-state index in [1.165, 1.54) is 11.3 Å². The molecule has 0 saturated carbocycles. The molecule has 1 aliphatic heterocycles. The van der Waals surface area contributed by atoms with Gasteiger partial charge in [-0.15, -0.1) is 11.3 Å². The van der Waals surface area contributed by atoms with Crippen LogP contribution in [0.15, 0.2) is 107 Å². The maximum absolute atomic E-state index is 14.1. The number of anilines is 1. The van der Waals surface area contributed by atoms with Crippen LogP contribution < -0.4 is 4.90 Å². The van der Waals surface area contributed by atoms with E-state index >= 15 is 0 Å². The number of nitrogens with zero attached hydrogens (tertiary/aromatic N) is 4. The summed E-state index contributed by atoms with van der Waals surface area (Å²) >= 11 is 1.26. The van der Waals surface area contributed by atoms with Gasteiger partial charge in [-0.1, -0.05) is 42.5 Å². The van der Waals surface area contributed by atoms with Crippen molar-refractivity contribution in [3.05, 3.63) is 120 Å². The Hall–Kier alpha value is -3.79. The first kappa shape index (κ1) is 24.5. The Morgan fingerprint density at radius 1 is 0.947 bits per heavy atom. The average molecular weight is 542 g/mol. The Morgan fingerprint density at radius 2 is 1.79 bits per heavy atom. The van der Waals surface area contributed by atoms with E-state index in [0.29, 0.717) is 23.7 Å². The van der Waals surface area contributed by atoms with Crippen LogP contribution in [0.5, 0.6) is 0 Å². The minimum absolute atomic E-state index is 0.274. The van der Waals surface area contributed by atoms with Crippen molar-refractivity contribution in [1.82, 2.24) is 19.3 Å². The number of pyridine rings is 1. The van der Waals surface area contributed by atoms with E-state index in [9.17, 15) is 8.42 Å². The molecule has 3 aromatic heterocycles. The van der Waals surface area contributed by atoms with Gasteiger partial charge in [-0.2, -0.15) is 4.31 Å². The second-order valence-corrected chi connectivity index (χ2v) is 12.4. The van der Waals surface area contributed by atoms with E-state index in [1.54, 1.807) is 35.2 Å². The molecular formula is C29H27N5O2S2. The number of sulfonamides is 1. The Kier molecular flexibility index (Phi) is 6.80. The second-order valence-electron chi connectivity index (χ2n) is 9.36. The molecule has 0 radical (unpaired) electrons. The molecule has 0 spiro atoms. The zero-order valence-corrected chi connectivity index (χ0v) is 22.3. The molecule has 7 nitrogen and oxygen atoms in total. The molecule has 1 N–H and O–H groups in total. The molecule has 9 heteroatoms. The van der Waals surface area contributed by atoms with Crippen LogP contribution >= 0.6 is 11.3 Å². The lowest BCUT2D eigenvalue weighted by atomic mass is 10.0. The number of hydrogen-bond donors (Lipinski definition) is 1. The third kappa shape index (κ3) is 5.00. The first-order valence-electron chi connectivity index (χ1n) is 12.4. The number of benzene rings is 2. The van der Waals surface area contributed by atoms with Crippen LogP contribution in [0.4, 0.5) is 5.69 Å². The highest BCUT2D eigenvalue weighted by Crippen LogP contribution is 2.36. The standard InChI is InChI=1S/C29H27N5O2S2/c35-38(36,29-7-4-14-37-29)34-18-25-16-24(23-10-12-30-13-11-23)8-9-28(25)33(19-26-17-31-21-32-26)20-27(34)15-22-5-2-1-3-6-22/h1-14,16-17,21,27H,15,18-20H2,(H,31,32)/t27-/m1/s1. The van der Waals surface area contributed by atoms with E-state index in [2.05, 4.69) is 50.2 Å². The van der Waals surface area contributed by atoms with Crippen molar-refractivity contribution in [1.29, 1.82) is 0 Å². The van der Waals surface area contributed by atoms with Crippen molar-refractivity contribution in [3.63, 3.8) is 0 Å². The molecule has 0 saturated heterocycles. The van der Waals surface area contributed by atoms with Crippen LogP contribution in [-0.2, 0) is 29.5 Å². The molecule has 38 heavy (non-hydrogen) atoms. The number of H-pyrrole nitrogens is 1. The third-order valence-corrected chi connectivity index (χ3v) is 10.2. The maximum atomic E-state index is 14.1. The monoisotopic (exact) mass is 541 g/mol. The van der Waals surface area contributed by atoms with Crippen LogP contribution in [-0.4, -0.2) is 40.3 Å². The van der Waals surface area contributed by atoms with E-state index in [-0.39, 0.29) is 12.6 Å². The van der Waals surface area contributed by atoms with Gasteiger partial charge in [-0.25, -0.2) is 13.4 Å².